The Kier molecular flexibility index (Phi) is 7.25. The Morgan fingerprint density at radius 1 is 0.514 bits per heavy atom. The van der Waals surface area contributed by atoms with Crippen molar-refractivity contribution in [1.29, 1.82) is 0 Å². The number of nitrogen functional groups attached to an aromatic ring is 1. The molecule has 0 fully saturated rings. The third-order valence-electron chi connectivity index (χ3n) is 5.64. The lowest BCUT2D eigenvalue weighted by molar-refractivity contribution is -0.139. The van der Waals surface area contributed by atoms with Gasteiger partial charge in [0.25, 0.3) is 0 Å². The van der Waals surface area contributed by atoms with Gasteiger partial charge in [0.2, 0.25) is 0 Å². The van der Waals surface area contributed by atoms with Crippen LogP contribution in [0.3, 0.4) is 0 Å². The first-order valence-electron chi connectivity index (χ1n) is 11.5. The van der Waals surface area contributed by atoms with Crippen LogP contribution in [0.1, 0.15) is 63.8 Å². The molecule has 3 rings (SSSR count). The fraction of sp³-hybridized carbons (Fsp3) is 0.357. The molecule has 0 aliphatic carbocycles. The predicted molar refractivity (Wildman–Crippen MR) is 131 cm³/mol. The summed E-state index contributed by atoms with van der Waals surface area (Å²) in [6, 6.07) is 11.2. The van der Waals surface area contributed by atoms with E-state index < -0.39 is 40.1 Å². The minimum atomic E-state index is -4.72. The van der Waals surface area contributed by atoms with Crippen LogP contribution in [0.2, 0.25) is 0 Å². The SMILES string of the molecule is CC(C)(C)c1cc(Oc2ccc(N)cc2C(F)(F)F)c(C(C)(C)C)cc1Oc1ccccc1C(F)(F)F. The number of hydrogen-bond acceptors (Lipinski definition) is 3. The van der Waals surface area contributed by atoms with Crippen molar-refractivity contribution in [2.24, 2.45) is 0 Å². The van der Waals surface area contributed by atoms with Crippen LogP contribution in [-0.4, -0.2) is 0 Å². The van der Waals surface area contributed by atoms with E-state index in [1.165, 1.54) is 36.4 Å². The quantitative estimate of drug-likeness (QED) is 0.273. The molecule has 0 unspecified atom stereocenters. The first kappa shape index (κ1) is 28.2. The van der Waals surface area contributed by atoms with E-state index in [0.29, 0.717) is 11.1 Å². The molecule has 37 heavy (non-hydrogen) atoms. The number of benzene rings is 3. The molecule has 0 aliphatic heterocycles. The van der Waals surface area contributed by atoms with E-state index in [9.17, 15) is 26.3 Å². The number of anilines is 1. The molecule has 0 aromatic heterocycles. The summed E-state index contributed by atoms with van der Waals surface area (Å²) in [7, 11) is 0. The van der Waals surface area contributed by atoms with Gasteiger partial charge in [-0.15, -0.1) is 0 Å². The van der Waals surface area contributed by atoms with Crippen LogP contribution in [0.15, 0.2) is 54.6 Å². The summed E-state index contributed by atoms with van der Waals surface area (Å²) in [5, 5.41) is 0. The van der Waals surface area contributed by atoms with Crippen molar-refractivity contribution in [3.8, 4) is 23.0 Å². The van der Waals surface area contributed by atoms with Gasteiger partial charge in [-0.1, -0.05) is 53.7 Å². The normalized spacial score (nSPS) is 13.0. The van der Waals surface area contributed by atoms with E-state index in [0.717, 1.165) is 18.2 Å². The third-order valence-corrected chi connectivity index (χ3v) is 5.64. The number of rotatable bonds is 4. The number of nitrogens with two attached hydrogens (primary N) is 1. The first-order valence-corrected chi connectivity index (χ1v) is 11.5. The van der Waals surface area contributed by atoms with Gasteiger partial charge in [0.1, 0.15) is 28.6 Å². The van der Waals surface area contributed by atoms with Gasteiger partial charge in [0.05, 0.1) is 5.56 Å². The molecule has 3 aromatic carbocycles. The van der Waals surface area contributed by atoms with Crippen LogP contribution >= 0.6 is 0 Å². The average molecular weight is 526 g/mol. The minimum absolute atomic E-state index is 0.0711. The number of ether oxygens (including phenoxy) is 2. The summed E-state index contributed by atoms with van der Waals surface area (Å²) in [5.74, 6) is -0.547. The summed E-state index contributed by atoms with van der Waals surface area (Å²) in [6.07, 6.45) is -9.36. The monoisotopic (exact) mass is 525 g/mol. The minimum Gasteiger partial charge on any atom is -0.456 e. The Balaban J connectivity index is 2.24. The predicted octanol–water partition coefficient (Wildman–Crippen LogP) is 9.49. The molecule has 200 valence electrons. The Morgan fingerprint density at radius 3 is 1.38 bits per heavy atom. The number of para-hydroxylation sites is 1. The van der Waals surface area contributed by atoms with Crippen molar-refractivity contribution in [1.82, 2.24) is 0 Å². The molecule has 2 N–H and O–H groups in total. The van der Waals surface area contributed by atoms with Crippen LogP contribution in [0.25, 0.3) is 0 Å². The van der Waals surface area contributed by atoms with Crippen molar-refractivity contribution < 1.29 is 35.8 Å². The lowest BCUT2D eigenvalue weighted by atomic mass is 9.80. The Morgan fingerprint density at radius 2 is 0.946 bits per heavy atom. The fourth-order valence-corrected chi connectivity index (χ4v) is 3.79. The highest BCUT2D eigenvalue weighted by Gasteiger charge is 2.37. The molecule has 3 nitrogen and oxygen atoms in total. The van der Waals surface area contributed by atoms with Gasteiger partial charge in [-0.25, -0.2) is 0 Å². The molecule has 0 amide bonds. The van der Waals surface area contributed by atoms with E-state index in [1.54, 1.807) is 0 Å². The maximum absolute atomic E-state index is 13.7. The van der Waals surface area contributed by atoms with Gasteiger partial charge in [-0.2, -0.15) is 26.3 Å². The molecular formula is C28H29F6NO2. The van der Waals surface area contributed by atoms with E-state index in [-0.39, 0.29) is 22.9 Å². The van der Waals surface area contributed by atoms with Gasteiger partial charge in [-0.3, -0.25) is 0 Å². The Bertz CT molecular complexity index is 1280. The molecule has 0 heterocycles. The fourth-order valence-electron chi connectivity index (χ4n) is 3.79. The number of halogens is 6. The Hall–Kier alpha value is -3.36. The average Bonchev–Trinajstić information content (AvgIpc) is 2.73. The van der Waals surface area contributed by atoms with Gasteiger partial charge >= 0.3 is 12.4 Å². The summed E-state index contributed by atoms with van der Waals surface area (Å²) >= 11 is 0. The highest BCUT2D eigenvalue weighted by molar-refractivity contribution is 5.56. The summed E-state index contributed by atoms with van der Waals surface area (Å²) < 4.78 is 93.8. The van der Waals surface area contributed by atoms with Crippen LogP contribution in [0, 0.1) is 0 Å². The van der Waals surface area contributed by atoms with Gasteiger partial charge in [-0.05, 0) is 53.3 Å². The van der Waals surface area contributed by atoms with Crippen molar-refractivity contribution in [3.05, 3.63) is 76.9 Å². The topological polar surface area (TPSA) is 44.5 Å². The molecule has 3 aromatic rings. The van der Waals surface area contributed by atoms with E-state index in [1.807, 2.05) is 41.5 Å². The third kappa shape index (κ3) is 6.50. The highest BCUT2D eigenvalue weighted by atomic mass is 19.4. The number of alkyl halides is 6. The summed E-state index contributed by atoms with van der Waals surface area (Å²) in [4.78, 5) is 0. The van der Waals surface area contributed by atoms with Crippen molar-refractivity contribution >= 4 is 5.69 Å². The standard InChI is InChI=1S/C28H29F6NO2/c1-25(2,3)18-15-24(37-22-12-11-16(35)13-20(22)28(32,33)34)19(26(4,5)6)14-23(18)36-21-10-8-7-9-17(21)27(29,30)31/h7-15H,35H2,1-6H3. The second kappa shape index (κ2) is 9.50. The van der Waals surface area contributed by atoms with Crippen LogP contribution in [-0.2, 0) is 23.2 Å². The number of hydrogen-bond donors (Lipinski definition) is 1. The molecule has 0 saturated carbocycles. The smallest absolute Gasteiger partial charge is 0.420 e. The maximum atomic E-state index is 13.7. The lowest BCUT2D eigenvalue weighted by Crippen LogP contribution is -2.18. The molecule has 0 spiro atoms. The Labute approximate surface area is 212 Å². The van der Waals surface area contributed by atoms with Gasteiger partial charge < -0.3 is 15.2 Å². The molecule has 9 heteroatoms. The summed E-state index contributed by atoms with van der Waals surface area (Å²) in [5.41, 5.74) is 3.11. The lowest BCUT2D eigenvalue weighted by Gasteiger charge is -2.29. The van der Waals surface area contributed by atoms with Gasteiger partial charge in [0.15, 0.2) is 0 Å². The molecule has 0 saturated heterocycles. The molecule has 0 radical (unpaired) electrons. The van der Waals surface area contributed by atoms with Crippen molar-refractivity contribution in [2.45, 2.75) is 64.7 Å². The zero-order valence-corrected chi connectivity index (χ0v) is 21.4. The molecule has 0 bridgehead atoms. The highest BCUT2D eigenvalue weighted by Crippen LogP contribution is 2.47. The zero-order chi connectivity index (χ0) is 28.0. The second-order valence-corrected chi connectivity index (χ2v) is 10.8. The van der Waals surface area contributed by atoms with Crippen molar-refractivity contribution in [3.63, 3.8) is 0 Å². The van der Waals surface area contributed by atoms with Gasteiger partial charge in [0, 0.05) is 16.8 Å². The largest absolute Gasteiger partial charge is 0.456 e. The first-order chi connectivity index (χ1) is 16.8. The molecule has 0 atom stereocenters. The maximum Gasteiger partial charge on any atom is 0.420 e. The second-order valence-electron chi connectivity index (χ2n) is 10.8. The van der Waals surface area contributed by atoms with Crippen LogP contribution in [0.5, 0.6) is 23.0 Å². The van der Waals surface area contributed by atoms with E-state index >= 15 is 0 Å². The zero-order valence-electron chi connectivity index (χ0n) is 21.4. The van der Waals surface area contributed by atoms with Crippen molar-refractivity contribution in [2.75, 3.05) is 5.73 Å². The summed E-state index contributed by atoms with van der Waals surface area (Å²) in [6.45, 7) is 10.9. The molecule has 0 aliphatic rings. The van der Waals surface area contributed by atoms with Crippen LogP contribution < -0.4 is 15.2 Å². The van der Waals surface area contributed by atoms with E-state index in [2.05, 4.69) is 0 Å². The molecular weight excluding hydrogens is 496 g/mol. The van der Waals surface area contributed by atoms with E-state index in [4.69, 9.17) is 15.2 Å². The van der Waals surface area contributed by atoms with Crippen LogP contribution in [0.4, 0.5) is 32.0 Å².